The maximum atomic E-state index is 12.0. The molecule has 5 nitrogen and oxygen atoms in total. The minimum atomic E-state index is 0.0132. The van der Waals surface area contributed by atoms with Crippen molar-refractivity contribution in [2.45, 2.75) is 26.2 Å². The van der Waals surface area contributed by atoms with Crippen LogP contribution in [0.25, 0.3) is 11.5 Å². The highest BCUT2D eigenvalue weighted by Crippen LogP contribution is 2.24. The van der Waals surface area contributed by atoms with E-state index in [0.717, 1.165) is 43.1 Å². The second kappa shape index (κ2) is 7.07. The van der Waals surface area contributed by atoms with Crippen molar-refractivity contribution in [3.8, 4) is 11.5 Å². The lowest BCUT2D eigenvalue weighted by Crippen LogP contribution is -2.28. The minimum Gasteiger partial charge on any atom is -0.441 e. The van der Waals surface area contributed by atoms with Gasteiger partial charge in [0, 0.05) is 17.5 Å². The topological polar surface area (TPSA) is 67.2 Å². The van der Waals surface area contributed by atoms with Gasteiger partial charge in [0.15, 0.2) is 0 Å². The molecule has 1 unspecified atom stereocenters. The predicted molar refractivity (Wildman–Crippen MR) is 86.9 cm³/mol. The van der Waals surface area contributed by atoms with E-state index < -0.39 is 0 Å². The van der Waals surface area contributed by atoms with Crippen LogP contribution < -0.4 is 10.6 Å². The fraction of sp³-hybridized carbons (Fsp3) is 0.500. The number of thiophene rings is 1. The van der Waals surface area contributed by atoms with Crippen molar-refractivity contribution in [2.75, 3.05) is 19.6 Å². The molecular weight excluding hydrogens is 298 g/mol. The lowest BCUT2D eigenvalue weighted by Gasteiger charge is -2.08. The molecule has 1 amide bonds. The van der Waals surface area contributed by atoms with E-state index in [0.29, 0.717) is 11.8 Å². The highest BCUT2D eigenvalue weighted by Gasteiger charge is 2.16. The standard InChI is InChI=1S/C16H21N3O2S/c1-11-14(19-16(21-11)13-4-7-22-10-13)8-15(20)18-6-3-12-2-5-17-9-12/h4,7,10,12,17H,2-3,5-6,8-9H2,1H3,(H,18,20). The third-order valence-electron chi connectivity index (χ3n) is 4.03. The highest BCUT2D eigenvalue weighted by atomic mass is 32.1. The van der Waals surface area contributed by atoms with Gasteiger partial charge in [-0.15, -0.1) is 0 Å². The molecule has 118 valence electrons. The first kappa shape index (κ1) is 15.2. The Morgan fingerprint density at radius 2 is 2.50 bits per heavy atom. The first-order valence-electron chi connectivity index (χ1n) is 7.68. The molecule has 0 spiro atoms. The smallest absolute Gasteiger partial charge is 0.227 e. The molecule has 6 heteroatoms. The SMILES string of the molecule is Cc1oc(-c2ccsc2)nc1CC(=O)NCCC1CCNC1. The van der Waals surface area contributed by atoms with Gasteiger partial charge in [-0.25, -0.2) is 4.98 Å². The quantitative estimate of drug-likeness (QED) is 0.858. The Kier molecular flexibility index (Phi) is 4.90. The van der Waals surface area contributed by atoms with Crippen LogP contribution >= 0.6 is 11.3 Å². The van der Waals surface area contributed by atoms with Gasteiger partial charge in [-0.05, 0) is 50.2 Å². The fourth-order valence-electron chi connectivity index (χ4n) is 2.69. The Morgan fingerprint density at radius 3 is 3.23 bits per heavy atom. The van der Waals surface area contributed by atoms with E-state index in [1.54, 1.807) is 11.3 Å². The maximum Gasteiger partial charge on any atom is 0.227 e. The third kappa shape index (κ3) is 3.75. The van der Waals surface area contributed by atoms with Crippen molar-refractivity contribution in [1.29, 1.82) is 0 Å². The molecule has 0 bridgehead atoms. The summed E-state index contributed by atoms with van der Waals surface area (Å²) < 4.78 is 5.65. The maximum absolute atomic E-state index is 12.0. The molecule has 2 N–H and O–H groups in total. The monoisotopic (exact) mass is 319 g/mol. The minimum absolute atomic E-state index is 0.0132. The van der Waals surface area contributed by atoms with Gasteiger partial charge in [-0.2, -0.15) is 11.3 Å². The number of hydrogen-bond donors (Lipinski definition) is 2. The number of carbonyl (C=O) groups excluding carboxylic acids is 1. The van der Waals surface area contributed by atoms with E-state index >= 15 is 0 Å². The van der Waals surface area contributed by atoms with Crippen LogP contribution in [-0.4, -0.2) is 30.5 Å². The lowest BCUT2D eigenvalue weighted by molar-refractivity contribution is -0.120. The summed E-state index contributed by atoms with van der Waals surface area (Å²) in [6, 6.07) is 1.97. The first-order chi connectivity index (χ1) is 10.7. The summed E-state index contributed by atoms with van der Waals surface area (Å²) in [5, 5.41) is 10.3. The predicted octanol–water partition coefficient (Wildman–Crippen LogP) is 2.37. The van der Waals surface area contributed by atoms with Crippen molar-refractivity contribution >= 4 is 17.2 Å². The third-order valence-corrected chi connectivity index (χ3v) is 4.71. The highest BCUT2D eigenvalue weighted by molar-refractivity contribution is 7.08. The number of hydrogen-bond acceptors (Lipinski definition) is 5. The van der Waals surface area contributed by atoms with Gasteiger partial charge in [-0.3, -0.25) is 4.79 Å². The van der Waals surface area contributed by atoms with Crippen LogP contribution in [0.15, 0.2) is 21.2 Å². The van der Waals surface area contributed by atoms with Gasteiger partial charge in [-0.1, -0.05) is 0 Å². The Bertz CT molecular complexity index is 615. The Hall–Kier alpha value is -1.66. The number of nitrogens with zero attached hydrogens (tertiary/aromatic N) is 1. The zero-order chi connectivity index (χ0) is 15.4. The number of nitrogens with one attached hydrogen (secondary N) is 2. The molecule has 1 aliphatic heterocycles. The number of amides is 1. The average molecular weight is 319 g/mol. The molecule has 0 saturated carbocycles. The summed E-state index contributed by atoms with van der Waals surface area (Å²) in [6.45, 7) is 4.76. The van der Waals surface area contributed by atoms with E-state index in [9.17, 15) is 4.79 Å². The average Bonchev–Trinajstić information content (AvgIpc) is 3.21. The molecule has 22 heavy (non-hydrogen) atoms. The molecule has 0 aliphatic carbocycles. The molecular formula is C16H21N3O2S. The Balaban J connectivity index is 1.50. The number of aryl methyl sites for hydroxylation is 1. The van der Waals surface area contributed by atoms with Gasteiger partial charge >= 0.3 is 0 Å². The number of rotatable bonds is 6. The molecule has 0 radical (unpaired) electrons. The van der Waals surface area contributed by atoms with E-state index in [1.165, 1.54) is 6.42 Å². The van der Waals surface area contributed by atoms with E-state index in [2.05, 4.69) is 15.6 Å². The second-order valence-electron chi connectivity index (χ2n) is 5.71. The Morgan fingerprint density at radius 1 is 1.59 bits per heavy atom. The van der Waals surface area contributed by atoms with Crippen LogP contribution in [0.3, 0.4) is 0 Å². The molecule has 1 fully saturated rings. The summed E-state index contributed by atoms with van der Waals surface area (Å²) >= 11 is 1.60. The van der Waals surface area contributed by atoms with Crippen LogP contribution in [0.2, 0.25) is 0 Å². The van der Waals surface area contributed by atoms with Crippen LogP contribution in [0.1, 0.15) is 24.3 Å². The van der Waals surface area contributed by atoms with Crippen LogP contribution in [0.4, 0.5) is 0 Å². The van der Waals surface area contributed by atoms with Crippen LogP contribution in [-0.2, 0) is 11.2 Å². The van der Waals surface area contributed by atoms with Crippen LogP contribution in [0.5, 0.6) is 0 Å². The molecule has 3 heterocycles. The number of carbonyl (C=O) groups is 1. The summed E-state index contributed by atoms with van der Waals surface area (Å²) in [5.41, 5.74) is 1.69. The van der Waals surface area contributed by atoms with E-state index in [-0.39, 0.29) is 12.3 Å². The zero-order valence-corrected chi connectivity index (χ0v) is 13.5. The van der Waals surface area contributed by atoms with Crippen molar-refractivity contribution in [2.24, 2.45) is 5.92 Å². The van der Waals surface area contributed by atoms with Gasteiger partial charge in [0.2, 0.25) is 11.8 Å². The molecule has 2 aromatic heterocycles. The van der Waals surface area contributed by atoms with E-state index in [1.807, 2.05) is 23.8 Å². The summed E-state index contributed by atoms with van der Waals surface area (Å²) in [6.07, 6.45) is 2.53. The largest absolute Gasteiger partial charge is 0.441 e. The Labute approximate surface area is 134 Å². The van der Waals surface area contributed by atoms with Crippen molar-refractivity contribution < 1.29 is 9.21 Å². The zero-order valence-electron chi connectivity index (χ0n) is 12.7. The van der Waals surface area contributed by atoms with Gasteiger partial charge in [0.05, 0.1) is 12.1 Å². The van der Waals surface area contributed by atoms with E-state index in [4.69, 9.17) is 4.42 Å². The summed E-state index contributed by atoms with van der Waals surface area (Å²) in [7, 11) is 0. The van der Waals surface area contributed by atoms with Gasteiger partial charge in [0.25, 0.3) is 0 Å². The van der Waals surface area contributed by atoms with Crippen molar-refractivity contribution in [3.05, 3.63) is 28.3 Å². The second-order valence-corrected chi connectivity index (χ2v) is 6.49. The molecule has 1 saturated heterocycles. The number of oxazole rings is 1. The van der Waals surface area contributed by atoms with Gasteiger partial charge in [0.1, 0.15) is 5.76 Å². The van der Waals surface area contributed by atoms with Gasteiger partial charge < -0.3 is 15.1 Å². The first-order valence-corrected chi connectivity index (χ1v) is 8.63. The van der Waals surface area contributed by atoms with Crippen molar-refractivity contribution in [3.63, 3.8) is 0 Å². The summed E-state index contributed by atoms with van der Waals surface area (Å²) in [5.74, 6) is 2.02. The number of aromatic nitrogens is 1. The lowest BCUT2D eigenvalue weighted by atomic mass is 10.1. The molecule has 1 atom stereocenters. The molecule has 1 aliphatic rings. The normalized spacial score (nSPS) is 17.8. The molecule has 2 aromatic rings. The van der Waals surface area contributed by atoms with Crippen LogP contribution in [0, 0.1) is 12.8 Å². The summed E-state index contributed by atoms with van der Waals surface area (Å²) in [4.78, 5) is 16.5. The molecule has 0 aromatic carbocycles. The van der Waals surface area contributed by atoms with Crippen molar-refractivity contribution in [1.82, 2.24) is 15.6 Å². The molecule has 3 rings (SSSR count). The fourth-order valence-corrected chi connectivity index (χ4v) is 3.32.